The molecule has 0 fully saturated rings. The number of carbonyl (C=O) groups is 1. The number of nitrogens with one attached hydrogen (secondary N) is 1. The summed E-state index contributed by atoms with van der Waals surface area (Å²) in [5.41, 5.74) is 0.961. The molecule has 0 aliphatic heterocycles. The van der Waals surface area contributed by atoms with Crippen LogP contribution in [-0.4, -0.2) is 62.6 Å². The van der Waals surface area contributed by atoms with E-state index in [9.17, 15) is 4.79 Å². The molecule has 142 valence electrons. The Bertz CT molecular complexity index is 858. The van der Waals surface area contributed by atoms with Gasteiger partial charge in [0.25, 0.3) is 5.91 Å². The average molecular weight is 369 g/mol. The molecule has 3 aromatic rings. The highest BCUT2D eigenvalue weighted by molar-refractivity contribution is 6.02. The predicted molar refractivity (Wildman–Crippen MR) is 101 cm³/mol. The predicted octanol–water partition coefficient (Wildman–Crippen LogP) is 1.37. The van der Waals surface area contributed by atoms with Gasteiger partial charge in [-0.05, 0) is 32.3 Å². The number of aryl methyl sites for hydroxylation is 2. The van der Waals surface area contributed by atoms with Gasteiger partial charge in [0, 0.05) is 43.1 Å². The monoisotopic (exact) mass is 369 g/mol. The van der Waals surface area contributed by atoms with Crippen LogP contribution in [0, 0.1) is 0 Å². The molecule has 0 radical (unpaired) electrons. The first kappa shape index (κ1) is 18.6. The molecule has 3 heterocycles. The molecule has 27 heavy (non-hydrogen) atoms. The SMILES string of the molecule is CN(C)CCOc1cc(NC(=O)c2ccn(CCn3cccn3)n2)ccn1. The van der Waals surface area contributed by atoms with Crippen LogP contribution in [-0.2, 0) is 13.1 Å². The first-order valence-electron chi connectivity index (χ1n) is 8.66. The van der Waals surface area contributed by atoms with E-state index in [2.05, 4.69) is 20.5 Å². The van der Waals surface area contributed by atoms with E-state index in [0.29, 0.717) is 37.0 Å². The maximum atomic E-state index is 12.4. The number of anilines is 1. The van der Waals surface area contributed by atoms with Crippen molar-refractivity contribution in [1.82, 2.24) is 29.4 Å². The third-order valence-electron chi connectivity index (χ3n) is 3.77. The van der Waals surface area contributed by atoms with Crippen molar-refractivity contribution in [2.24, 2.45) is 0 Å². The summed E-state index contributed by atoms with van der Waals surface area (Å²) in [6, 6.07) is 6.97. The zero-order valence-electron chi connectivity index (χ0n) is 15.4. The maximum absolute atomic E-state index is 12.4. The third kappa shape index (κ3) is 5.65. The van der Waals surface area contributed by atoms with Crippen molar-refractivity contribution >= 4 is 11.6 Å². The smallest absolute Gasteiger partial charge is 0.276 e. The van der Waals surface area contributed by atoms with Crippen LogP contribution in [0.4, 0.5) is 5.69 Å². The van der Waals surface area contributed by atoms with Gasteiger partial charge in [0.1, 0.15) is 6.61 Å². The van der Waals surface area contributed by atoms with E-state index in [0.717, 1.165) is 6.54 Å². The first-order chi connectivity index (χ1) is 13.1. The molecule has 0 saturated carbocycles. The van der Waals surface area contributed by atoms with E-state index in [1.54, 1.807) is 41.5 Å². The number of nitrogens with zero attached hydrogens (tertiary/aromatic N) is 6. The largest absolute Gasteiger partial charge is 0.476 e. The average Bonchev–Trinajstić information content (AvgIpc) is 3.32. The maximum Gasteiger partial charge on any atom is 0.276 e. The van der Waals surface area contributed by atoms with E-state index in [1.807, 2.05) is 35.9 Å². The minimum atomic E-state index is -0.279. The van der Waals surface area contributed by atoms with Crippen molar-refractivity contribution in [3.05, 3.63) is 54.7 Å². The number of pyridine rings is 1. The van der Waals surface area contributed by atoms with Gasteiger partial charge < -0.3 is 15.0 Å². The van der Waals surface area contributed by atoms with Crippen LogP contribution < -0.4 is 10.1 Å². The number of likely N-dealkylation sites (N-methyl/N-ethyl adjacent to an activating group) is 1. The second-order valence-corrected chi connectivity index (χ2v) is 6.22. The molecule has 0 aromatic carbocycles. The van der Waals surface area contributed by atoms with Crippen LogP contribution in [0.5, 0.6) is 5.88 Å². The molecule has 0 saturated heterocycles. The Morgan fingerprint density at radius 2 is 2.04 bits per heavy atom. The number of hydrogen-bond donors (Lipinski definition) is 1. The summed E-state index contributed by atoms with van der Waals surface area (Å²) in [4.78, 5) is 18.6. The van der Waals surface area contributed by atoms with Gasteiger partial charge in [0.2, 0.25) is 5.88 Å². The lowest BCUT2D eigenvalue weighted by atomic mass is 10.3. The van der Waals surface area contributed by atoms with Crippen LogP contribution in [0.25, 0.3) is 0 Å². The molecule has 0 unspecified atom stereocenters. The topological polar surface area (TPSA) is 90.1 Å². The van der Waals surface area contributed by atoms with Gasteiger partial charge in [0.05, 0.1) is 13.1 Å². The zero-order valence-corrected chi connectivity index (χ0v) is 15.4. The van der Waals surface area contributed by atoms with Crippen LogP contribution in [0.2, 0.25) is 0 Å². The number of aromatic nitrogens is 5. The molecule has 3 aromatic heterocycles. The number of carbonyl (C=O) groups excluding carboxylic acids is 1. The van der Waals surface area contributed by atoms with Crippen molar-refractivity contribution in [2.75, 3.05) is 32.6 Å². The number of ether oxygens (including phenoxy) is 1. The van der Waals surface area contributed by atoms with Gasteiger partial charge in [-0.2, -0.15) is 10.2 Å². The fraction of sp³-hybridized carbons (Fsp3) is 0.333. The van der Waals surface area contributed by atoms with E-state index < -0.39 is 0 Å². The Morgan fingerprint density at radius 3 is 2.81 bits per heavy atom. The summed E-state index contributed by atoms with van der Waals surface area (Å²) in [5, 5.41) is 11.3. The molecule has 0 spiro atoms. The van der Waals surface area contributed by atoms with Crippen LogP contribution in [0.3, 0.4) is 0 Å². The third-order valence-corrected chi connectivity index (χ3v) is 3.77. The van der Waals surface area contributed by atoms with Gasteiger partial charge in [-0.3, -0.25) is 14.2 Å². The van der Waals surface area contributed by atoms with Gasteiger partial charge in [-0.15, -0.1) is 0 Å². The Hall–Kier alpha value is -3.20. The summed E-state index contributed by atoms with van der Waals surface area (Å²) < 4.78 is 9.12. The van der Waals surface area contributed by atoms with Crippen molar-refractivity contribution in [3.8, 4) is 5.88 Å². The highest BCUT2D eigenvalue weighted by atomic mass is 16.5. The highest BCUT2D eigenvalue weighted by Gasteiger charge is 2.11. The molecular weight excluding hydrogens is 346 g/mol. The van der Waals surface area contributed by atoms with E-state index >= 15 is 0 Å². The quantitative estimate of drug-likeness (QED) is 0.613. The van der Waals surface area contributed by atoms with Crippen LogP contribution in [0.1, 0.15) is 10.5 Å². The molecule has 3 rings (SSSR count). The van der Waals surface area contributed by atoms with Crippen molar-refractivity contribution in [2.45, 2.75) is 13.1 Å². The van der Waals surface area contributed by atoms with Crippen molar-refractivity contribution in [3.63, 3.8) is 0 Å². The normalized spacial score (nSPS) is 10.9. The molecule has 0 atom stereocenters. The summed E-state index contributed by atoms with van der Waals surface area (Å²) in [7, 11) is 3.95. The second kappa shape index (κ2) is 8.95. The lowest BCUT2D eigenvalue weighted by Gasteiger charge is -2.11. The summed E-state index contributed by atoms with van der Waals surface area (Å²) in [6.07, 6.45) is 7.00. The molecule has 9 heteroatoms. The Balaban J connectivity index is 1.54. The molecular formula is C18H23N7O2. The van der Waals surface area contributed by atoms with Crippen LogP contribution in [0.15, 0.2) is 49.1 Å². The first-order valence-corrected chi connectivity index (χ1v) is 8.66. The van der Waals surface area contributed by atoms with E-state index in [4.69, 9.17) is 4.74 Å². The van der Waals surface area contributed by atoms with Crippen LogP contribution >= 0.6 is 0 Å². The minimum absolute atomic E-state index is 0.279. The number of rotatable bonds is 9. The standard InChI is InChI=1S/C18H23N7O2/c1-23(2)12-13-27-17-14-15(4-7-19-17)21-18(26)16-5-9-25(22-16)11-10-24-8-3-6-20-24/h3-9,14H,10-13H2,1-2H3,(H,19,21,26). The summed E-state index contributed by atoms with van der Waals surface area (Å²) in [5.74, 6) is 0.192. The second-order valence-electron chi connectivity index (χ2n) is 6.22. The summed E-state index contributed by atoms with van der Waals surface area (Å²) in [6.45, 7) is 2.63. The highest BCUT2D eigenvalue weighted by Crippen LogP contribution is 2.15. The van der Waals surface area contributed by atoms with Gasteiger partial charge >= 0.3 is 0 Å². The lowest BCUT2D eigenvalue weighted by Crippen LogP contribution is -2.19. The fourth-order valence-electron chi connectivity index (χ4n) is 2.34. The van der Waals surface area contributed by atoms with Crippen molar-refractivity contribution in [1.29, 1.82) is 0 Å². The van der Waals surface area contributed by atoms with Gasteiger partial charge in [-0.1, -0.05) is 0 Å². The Morgan fingerprint density at radius 1 is 1.19 bits per heavy atom. The van der Waals surface area contributed by atoms with Crippen molar-refractivity contribution < 1.29 is 9.53 Å². The molecule has 0 aliphatic rings. The van der Waals surface area contributed by atoms with E-state index in [-0.39, 0.29) is 5.91 Å². The minimum Gasteiger partial charge on any atom is -0.476 e. The molecule has 0 bridgehead atoms. The Kier molecular flexibility index (Phi) is 6.16. The fourth-order valence-corrected chi connectivity index (χ4v) is 2.34. The van der Waals surface area contributed by atoms with E-state index in [1.165, 1.54) is 0 Å². The summed E-state index contributed by atoms with van der Waals surface area (Å²) >= 11 is 0. The molecule has 9 nitrogen and oxygen atoms in total. The van der Waals surface area contributed by atoms with Gasteiger partial charge in [-0.25, -0.2) is 4.98 Å². The number of hydrogen-bond acceptors (Lipinski definition) is 6. The van der Waals surface area contributed by atoms with Gasteiger partial charge in [0.15, 0.2) is 5.69 Å². The zero-order chi connectivity index (χ0) is 19.1. The molecule has 0 aliphatic carbocycles. The molecule has 1 amide bonds. The Labute approximate surface area is 157 Å². The number of amides is 1. The molecule has 1 N–H and O–H groups in total. The lowest BCUT2D eigenvalue weighted by molar-refractivity contribution is 0.102.